The Morgan fingerprint density at radius 2 is 1.94 bits per heavy atom. The largest absolute Gasteiger partial charge is 0.310 e. The number of halogens is 1. The highest BCUT2D eigenvalue weighted by Gasteiger charge is 2.27. The van der Waals surface area contributed by atoms with E-state index in [9.17, 15) is 4.79 Å². The quantitative estimate of drug-likeness (QED) is 0.901. The second-order valence-corrected chi connectivity index (χ2v) is 5.14. The van der Waals surface area contributed by atoms with Crippen LogP contribution in [0.15, 0.2) is 29.1 Å². The molecule has 0 spiro atoms. The molecule has 92 valence electrons. The molecule has 0 amide bonds. The maximum Gasteiger partial charge on any atom is 0.254 e. The predicted octanol–water partition coefficient (Wildman–Crippen LogP) is 3.28. The summed E-state index contributed by atoms with van der Waals surface area (Å²) in [4.78, 5) is 19.4. The van der Waals surface area contributed by atoms with Crippen molar-refractivity contribution in [3.05, 3.63) is 51.0 Å². The van der Waals surface area contributed by atoms with Crippen LogP contribution in [0.25, 0.3) is 11.3 Å². The molecule has 0 bridgehead atoms. The molecule has 3 nitrogen and oxygen atoms in total. The summed E-state index contributed by atoms with van der Waals surface area (Å²) in [5, 5.41) is 0.684. The van der Waals surface area contributed by atoms with E-state index in [1.165, 1.54) is 0 Å². The van der Waals surface area contributed by atoms with Crippen LogP contribution < -0.4 is 5.56 Å². The maximum atomic E-state index is 11.9. The molecule has 1 N–H and O–H groups in total. The van der Waals surface area contributed by atoms with Crippen molar-refractivity contribution in [2.45, 2.75) is 25.7 Å². The molecule has 3 rings (SSSR count). The van der Waals surface area contributed by atoms with Crippen LogP contribution in [0, 0.1) is 6.92 Å². The summed E-state index contributed by atoms with van der Waals surface area (Å²) in [6.07, 6.45) is 2.23. The first-order valence-electron chi connectivity index (χ1n) is 6.02. The fraction of sp³-hybridized carbons (Fsp3) is 0.286. The van der Waals surface area contributed by atoms with Gasteiger partial charge in [-0.25, -0.2) is 4.98 Å². The molecule has 0 radical (unpaired) electrons. The molecule has 0 saturated heterocycles. The normalized spacial score (nSPS) is 14.8. The number of rotatable bonds is 2. The van der Waals surface area contributed by atoms with E-state index in [0.29, 0.717) is 16.5 Å². The lowest BCUT2D eigenvalue weighted by atomic mass is 10.1. The van der Waals surface area contributed by atoms with Crippen LogP contribution in [0.4, 0.5) is 0 Å². The van der Waals surface area contributed by atoms with E-state index in [-0.39, 0.29) is 5.56 Å². The van der Waals surface area contributed by atoms with E-state index >= 15 is 0 Å². The highest BCUT2D eigenvalue weighted by atomic mass is 35.5. The monoisotopic (exact) mass is 260 g/mol. The molecule has 1 aromatic carbocycles. The van der Waals surface area contributed by atoms with Crippen LogP contribution in [-0.4, -0.2) is 9.97 Å². The third kappa shape index (κ3) is 2.06. The van der Waals surface area contributed by atoms with E-state index in [1.807, 2.05) is 24.3 Å². The van der Waals surface area contributed by atoms with Gasteiger partial charge in [0.05, 0.1) is 5.69 Å². The summed E-state index contributed by atoms with van der Waals surface area (Å²) in [7, 11) is 0. The summed E-state index contributed by atoms with van der Waals surface area (Å²) < 4.78 is 0. The van der Waals surface area contributed by atoms with Crippen molar-refractivity contribution in [2.24, 2.45) is 0 Å². The van der Waals surface area contributed by atoms with Gasteiger partial charge in [-0.15, -0.1) is 0 Å². The highest BCUT2D eigenvalue weighted by molar-refractivity contribution is 6.30. The maximum absolute atomic E-state index is 11.9. The minimum atomic E-state index is -0.0446. The molecule has 1 fully saturated rings. The van der Waals surface area contributed by atoms with Crippen LogP contribution in [0.2, 0.25) is 5.02 Å². The first-order chi connectivity index (χ1) is 8.65. The number of H-pyrrole nitrogens is 1. The summed E-state index contributed by atoms with van der Waals surface area (Å²) in [5.41, 5.74) is 2.31. The Labute approximate surface area is 110 Å². The van der Waals surface area contributed by atoms with Crippen molar-refractivity contribution in [3.63, 3.8) is 0 Å². The van der Waals surface area contributed by atoms with Crippen molar-refractivity contribution in [1.82, 2.24) is 9.97 Å². The first kappa shape index (κ1) is 11.5. The minimum Gasteiger partial charge on any atom is -0.310 e. The average Bonchev–Trinajstić information content (AvgIpc) is 3.18. The van der Waals surface area contributed by atoms with Gasteiger partial charge in [0, 0.05) is 22.1 Å². The molecule has 1 aliphatic rings. The van der Waals surface area contributed by atoms with Crippen molar-refractivity contribution < 1.29 is 0 Å². The van der Waals surface area contributed by atoms with Gasteiger partial charge in [0.25, 0.3) is 5.56 Å². The summed E-state index contributed by atoms with van der Waals surface area (Å²) in [6.45, 7) is 1.80. The topological polar surface area (TPSA) is 45.8 Å². The molecule has 0 aliphatic heterocycles. The van der Waals surface area contributed by atoms with Gasteiger partial charge >= 0.3 is 0 Å². The number of nitrogens with one attached hydrogen (secondary N) is 1. The zero-order valence-corrected chi connectivity index (χ0v) is 10.8. The van der Waals surface area contributed by atoms with Gasteiger partial charge in [0.15, 0.2) is 0 Å². The second kappa shape index (κ2) is 4.25. The second-order valence-electron chi connectivity index (χ2n) is 4.71. The van der Waals surface area contributed by atoms with Crippen LogP contribution in [0.1, 0.15) is 30.1 Å². The number of hydrogen-bond donors (Lipinski definition) is 1. The van der Waals surface area contributed by atoms with Gasteiger partial charge in [-0.2, -0.15) is 0 Å². The van der Waals surface area contributed by atoms with Crippen molar-refractivity contribution in [2.75, 3.05) is 0 Å². The molecular formula is C14H13ClN2O. The Morgan fingerprint density at radius 3 is 2.56 bits per heavy atom. The van der Waals surface area contributed by atoms with Crippen molar-refractivity contribution in [3.8, 4) is 11.3 Å². The smallest absolute Gasteiger partial charge is 0.254 e. The highest BCUT2D eigenvalue weighted by Crippen LogP contribution is 2.38. The van der Waals surface area contributed by atoms with Crippen LogP contribution in [-0.2, 0) is 0 Å². The van der Waals surface area contributed by atoms with Gasteiger partial charge in [-0.05, 0) is 31.9 Å². The molecule has 1 aromatic heterocycles. The Balaban J connectivity index is 2.15. The van der Waals surface area contributed by atoms with E-state index in [0.717, 1.165) is 29.9 Å². The van der Waals surface area contributed by atoms with Crippen LogP contribution >= 0.6 is 11.6 Å². The summed E-state index contributed by atoms with van der Waals surface area (Å²) in [6, 6.07) is 7.42. The van der Waals surface area contributed by atoms with Gasteiger partial charge in [-0.3, -0.25) is 4.79 Å². The van der Waals surface area contributed by atoms with Gasteiger partial charge in [-0.1, -0.05) is 23.7 Å². The van der Waals surface area contributed by atoms with E-state index < -0.39 is 0 Å². The van der Waals surface area contributed by atoms with Gasteiger partial charge in [0.2, 0.25) is 0 Å². The summed E-state index contributed by atoms with van der Waals surface area (Å²) in [5.74, 6) is 1.25. The first-order valence-corrected chi connectivity index (χ1v) is 6.39. The molecule has 4 heteroatoms. The third-order valence-electron chi connectivity index (χ3n) is 3.25. The zero-order valence-electron chi connectivity index (χ0n) is 10.0. The lowest BCUT2D eigenvalue weighted by Crippen LogP contribution is -2.15. The van der Waals surface area contributed by atoms with Gasteiger partial charge in [0.1, 0.15) is 5.82 Å². The summed E-state index contributed by atoms with van der Waals surface area (Å²) >= 11 is 5.87. The van der Waals surface area contributed by atoms with Crippen LogP contribution in [0.3, 0.4) is 0 Å². The lowest BCUT2D eigenvalue weighted by molar-refractivity contribution is 0.900. The minimum absolute atomic E-state index is 0.0446. The fourth-order valence-electron chi connectivity index (χ4n) is 1.99. The molecule has 0 atom stereocenters. The molecule has 1 saturated carbocycles. The molecule has 2 aromatic rings. The fourth-order valence-corrected chi connectivity index (χ4v) is 2.11. The lowest BCUT2D eigenvalue weighted by Gasteiger charge is -2.07. The molecule has 1 aliphatic carbocycles. The average molecular weight is 261 g/mol. The van der Waals surface area contributed by atoms with Crippen molar-refractivity contribution >= 4 is 11.6 Å². The SMILES string of the molecule is Cc1c(-c2ccc(Cl)cc2)nc(C2CC2)[nH]c1=O. The third-order valence-corrected chi connectivity index (χ3v) is 3.50. The standard InChI is InChI=1S/C14H13ClN2O/c1-8-12(9-4-6-11(15)7-5-9)16-13(10-2-3-10)17-14(8)18/h4-7,10H,2-3H2,1H3,(H,16,17,18). The molecule has 1 heterocycles. The van der Waals surface area contributed by atoms with Crippen LogP contribution in [0.5, 0.6) is 0 Å². The predicted molar refractivity (Wildman–Crippen MR) is 72.0 cm³/mol. The Morgan fingerprint density at radius 1 is 1.28 bits per heavy atom. The zero-order chi connectivity index (χ0) is 12.7. The number of aromatic amines is 1. The van der Waals surface area contributed by atoms with Crippen molar-refractivity contribution in [1.29, 1.82) is 0 Å². The number of aromatic nitrogens is 2. The number of nitrogens with zero attached hydrogens (tertiary/aromatic N) is 1. The van der Waals surface area contributed by atoms with E-state index in [1.54, 1.807) is 6.92 Å². The molecular weight excluding hydrogens is 248 g/mol. The molecule has 18 heavy (non-hydrogen) atoms. The Hall–Kier alpha value is -1.61. The van der Waals surface area contributed by atoms with E-state index in [4.69, 9.17) is 11.6 Å². The number of hydrogen-bond acceptors (Lipinski definition) is 2. The molecule has 0 unspecified atom stereocenters. The van der Waals surface area contributed by atoms with E-state index in [2.05, 4.69) is 9.97 Å². The Bertz CT molecular complexity index is 642. The Kier molecular flexibility index (Phi) is 2.71. The number of benzene rings is 1. The van der Waals surface area contributed by atoms with Gasteiger partial charge < -0.3 is 4.98 Å².